The van der Waals surface area contributed by atoms with Crippen molar-refractivity contribution in [1.29, 1.82) is 0 Å². The molecular weight excluding hydrogens is 444 g/mol. The monoisotopic (exact) mass is 480 g/mol. The van der Waals surface area contributed by atoms with Gasteiger partial charge < -0.3 is 25.6 Å². The summed E-state index contributed by atoms with van der Waals surface area (Å²) >= 11 is 0. The molecule has 8 heteroatoms. The van der Waals surface area contributed by atoms with Crippen LogP contribution in [-0.4, -0.2) is 61.8 Å². The van der Waals surface area contributed by atoms with Crippen LogP contribution >= 0.6 is 0 Å². The third-order valence-electron chi connectivity index (χ3n) is 6.37. The number of carbonyl (C=O) groups is 3. The number of hydrogen-bond donors (Lipinski definition) is 3. The van der Waals surface area contributed by atoms with E-state index in [1.54, 1.807) is 49.6 Å². The van der Waals surface area contributed by atoms with Gasteiger partial charge in [0.05, 0.1) is 25.0 Å². The van der Waals surface area contributed by atoms with Gasteiger partial charge in [-0.05, 0) is 82.1 Å². The van der Waals surface area contributed by atoms with Crippen molar-refractivity contribution in [3.05, 3.63) is 53.6 Å². The molecule has 2 amide bonds. The van der Waals surface area contributed by atoms with E-state index in [1.165, 1.54) is 6.92 Å². The maximum atomic E-state index is 13.2. The number of hydrogen-bond acceptors (Lipinski definition) is 6. The number of amides is 2. The molecule has 1 aliphatic rings. The van der Waals surface area contributed by atoms with Crippen LogP contribution in [0.5, 0.6) is 5.75 Å². The summed E-state index contributed by atoms with van der Waals surface area (Å²) in [4.78, 5) is 40.0. The van der Waals surface area contributed by atoms with Crippen molar-refractivity contribution in [2.45, 2.75) is 39.7 Å². The molecule has 0 radical (unpaired) electrons. The topological polar surface area (TPSA) is 99.8 Å². The molecule has 3 N–H and O–H groups in total. The van der Waals surface area contributed by atoms with Gasteiger partial charge in [0.25, 0.3) is 0 Å². The van der Waals surface area contributed by atoms with Gasteiger partial charge >= 0.3 is 0 Å². The van der Waals surface area contributed by atoms with Crippen LogP contribution in [-0.2, 0) is 9.59 Å². The highest BCUT2D eigenvalue weighted by atomic mass is 16.5. The number of ketones is 1. The third kappa shape index (κ3) is 7.29. The first-order chi connectivity index (χ1) is 16.8. The van der Waals surface area contributed by atoms with E-state index in [2.05, 4.69) is 34.7 Å². The summed E-state index contributed by atoms with van der Waals surface area (Å²) in [7, 11) is 1.56. The fourth-order valence-electron chi connectivity index (χ4n) is 4.27. The number of benzene rings is 2. The van der Waals surface area contributed by atoms with E-state index in [9.17, 15) is 14.4 Å². The van der Waals surface area contributed by atoms with Crippen LogP contribution < -0.4 is 20.7 Å². The van der Waals surface area contributed by atoms with Crippen molar-refractivity contribution in [2.24, 2.45) is 5.92 Å². The Labute approximate surface area is 207 Å². The van der Waals surface area contributed by atoms with E-state index >= 15 is 0 Å². The molecule has 188 valence electrons. The average molecular weight is 481 g/mol. The molecule has 0 aromatic heterocycles. The summed E-state index contributed by atoms with van der Waals surface area (Å²) in [6.07, 6.45) is 2.15. The van der Waals surface area contributed by atoms with Crippen LogP contribution in [0.1, 0.15) is 49.5 Å². The Hall–Kier alpha value is -3.39. The molecule has 0 aliphatic carbocycles. The number of rotatable bonds is 10. The number of methoxy groups -OCH3 is 1. The predicted octanol–water partition coefficient (Wildman–Crippen LogP) is 3.53. The highest BCUT2D eigenvalue weighted by molar-refractivity contribution is 6.15. The molecular formula is C27H36N4O4. The molecule has 35 heavy (non-hydrogen) atoms. The molecule has 0 atom stereocenters. The lowest BCUT2D eigenvalue weighted by Gasteiger charge is -2.34. The van der Waals surface area contributed by atoms with Crippen LogP contribution in [0.15, 0.2) is 42.5 Å². The van der Waals surface area contributed by atoms with Crippen LogP contribution in [0, 0.1) is 5.92 Å². The number of nitrogens with one attached hydrogen (secondary N) is 3. The predicted molar refractivity (Wildman–Crippen MR) is 138 cm³/mol. The Kier molecular flexibility index (Phi) is 9.25. The van der Waals surface area contributed by atoms with Gasteiger partial charge in [0.1, 0.15) is 5.75 Å². The standard InChI is InChI=1S/C27H36N4O4/c1-18(2)31-14-12-20(13-15-31)16-29-25(33)17-28-24-7-5-6-23(26(24)30-19(3)32)27(34)21-8-10-22(35-4)11-9-21/h5-11,18,20,28H,12-17H2,1-4H3,(H,29,33)(H,30,32). The largest absolute Gasteiger partial charge is 0.497 e. The molecule has 1 aliphatic heterocycles. The quantitative estimate of drug-likeness (QED) is 0.450. The zero-order chi connectivity index (χ0) is 25.4. The maximum Gasteiger partial charge on any atom is 0.239 e. The maximum absolute atomic E-state index is 13.2. The van der Waals surface area contributed by atoms with E-state index in [0.717, 1.165) is 25.9 Å². The summed E-state index contributed by atoms with van der Waals surface area (Å²) in [6, 6.07) is 12.5. The fraction of sp³-hybridized carbons (Fsp3) is 0.444. The van der Waals surface area contributed by atoms with Crippen LogP contribution in [0.4, 0.5) is 11.4 Å². The Morgan fingerprint density at radius 2 is 1.74 bits per heavy atom. The Balaban J connectivity index is 1.64. The van der Waals surface area contributed by atoms with Gasteiger partial charge in [-0.3, -0.25) is 14.4 Å². The minimum atomic E-state index is -0.305. The molecule has 2 aromatic rings. The van der Waals surface area contributed by atoms with E-state index in [1.807, 2.05) is 0 Å². The second-order valence-corrected chi connectivity index (χ2v) is 9.20. The van der Waals surface area contributed by atoms with Gasteiger partial charge in [0, 0.05) is 30.6 Å². The minimum absolute atomic E-state index is 0.0393. The highest BCUT2D eigenvalue weighted by Crippen LogP contribution is 2.29. The van der Waals surface area contributed by atoms with Crippen molar-refractivity contribution in [1.82, 2.24) is 10.2 Å². The molecule has 0 spiro atoms. The lowest BCUT2D eigenvalue weighted by molar-refractivity contribution is -0.119. The molecule has 2 aromatic carbocycles. The Bertz CT molecular complexity index is 1030. The van der Waals surface area contributed by atoms with Gasteiger partial charge in [-0.15, -0.1) is 0 Å². The summed E-state index contributed by atoms with van der Waals surface area (Å²) in [5.41, 5.74) is 1.68. The molecule has 1 fully saturated rings. The number of piperidine rings is 1. The van der Waals surface area contributed by atoms with Crippen LogP contribution in [0.2, 0.25) is 0 Å². The zero-order valence-corrected chi connectivity index (χ0v) is 21.0. The molecule has 0 saturated carbocycles. The third-order valence-corrected chi connectivity index (χ3v) is 6.37. The number of carbonyl (C=O) groups excluding carboxylic acids is 3. The second kappa shape index (κ2) is 12.4. The Morgan fingerprint density at radius 1 is 1.06 bits per heavy atom. The number of ether oxygens (including phenoxy) is 1. The highest BCUT2D eigenvalue weighted by Gasteiger charge is 2.22. The Morgan fingerprint density at radius 3 is 2.34 bits per heavy atom. The van der Waals surface area contributed by atoms with E-state index < -0.39 is 0 Å². The molecule has 8 nitrogen and oxygen atoms in total. The first kappa shape index (κ1) is 26.2. The van der Waals surface area contributed by atoms with E-state index in [0.29, 0.717) is 46.8 Å². The van der Waals surface area contributed by atoms with Crippen molar-refractivity contribution in [3.63, 3.8) is 0 Å². The van der Waals surface area contributed by atoms with Crippen LogP contribution in [0.3, 0.4) is 0 Å². The van der Waals surface area contributed by atoms with Crippen molar-refractivity contribution in [3.8, 4) is 5.75 Å². The van der Waals surface area contributed by atoms with Crippen molar-refractivity contribution in [2.75, 3.05) is 43.9 Å². The van der Waals surface area contributed by atoms with Crippen molar-refractivity contribution >= 4 is 29.0 Å². The molecule has 3 rings (SSSR count). The van der Waals surface area contributed by atoms with Gasteiger partial charge in [-0.1, -0.05) is 6.07 Å². The molecule has 1 saturated heterocycles. The lowest BCUT2D eigenvalue weighted by Crippen LogP contribution is -2.42. The van der Waals surface area contributed by atoms with Gasteiger partial charge in [-0.2, -0.15) is 0 Å². The minimum Gasteiger partial charge on any atom is -0.497 e. The van der Waals surface area contributed by atoms with E-state index in [-0.39, 0.29) is 24.1 Å². The summed E-state index contributed by atoms with van der Waals surface area (Å²) in [5.74, 6) is 0.458. The second-order valence-electron chi connectivity index (χ2n) is 9.20. The summed E-state index contributed by atoms with van der Waals surface area (Å²) in [5, 5.41) is 8.85. The van der Waals surface area contributed by atoms with Gasteiger partial charge in [-0.25, -0.2) is 0 Å². The molecule has 1 heterocycles. The summed E-state index contributed by atoms with van der Waals surface area (Å²) in [6.45, 7) is 8.62. The lowest BCUT2D eigenvalue weighted by atomic mass is 9.96. The fourth-order valence-corrected chi connectivity index (χ4v) is 4.27. The first-order valence-corrected chi connectivity index (χ1v) is 12.1. The molecule has 0 unspecified atom stereocenters. The first-order valence-electron chi connectivity index (χ1n) is 12.1. The smallest absolute Gasteiger partial charge is 0.239 e. The molecule has 0 bridgehead atoms. The van der Waals surface area contributed by atoms with Gasteiger partial charge in [0.2, 0.25) is 11.8 Å². The van der Waals surface area contributed by atoms with Crippen LogP contribution in [0.25, 0.3) is 0 Å². The SMILES string of the molecule is COc1ccc(C(=O)c2cccc(NCC(=O)NCC3CCN(C(C)C)CC3)c2NC(C)=O)cc1. The van der Waals surface area contributed by atoms with Crippen molar-refractivity contribution < 1.29 is 19.1 Å². The number of anilines is 2. The zero-order valence-electron chi connectivity index (χ0n) is 21.0. The number of likely N-dealkylation sites (tertiary alicyclic amines) is 1. The average Bonchev–Trinajstić information content (AvgIpc) is 2.86. The normalized spacial score (nSPS) is 14.4. The summed E-state index contributed by atoms with van der Waals surface area (Å²) < 4.78 is 5.16. The number of para-hydroxylation sites is 1. The van der Waals surface area contributed by atoms with E-state index in [4.69, 9.17) is 4.74 Å². The number of nitrogens with zero attached hydrogens (tertiary/aromatic N) is 1. The van der Waals surface area contributed by atoms with Gasteiger partial charge in [0.15, 0.2) is 5.78 Å².